The first-order valence-corrected chi connectivity index (χ1v) is 16.0. The predicted octanol–water partition coefficient (Wildman–Crippen LogP) is 7.53. The Labute approximate surface area is 202 Å². The van der Waals surface area contributed by atoms with Crippen molar-refractivity contribution in [2.45, 2.75) is 90.2 Å². The van der Waals surface area contributed by atoms with Gasteiger partial charge in [-0.15, -0.1) is 0 Å². The molecule has 1 spiro atoms. The summed E-state index contributed by atoms with van der Waals surface area (Å²) >= 11 is 3.26. The molecule has 0 aromatic heterocycles. The van der Waals surface area contributed by atoms with E-state index in [1.807, 2.05) is 36.4 Å². The summed E-state index contributed by atoms with van der Waals surface area (Å²) < 4.78 is 12.5. The second-order valence-corrected chi connectivity index (χ2v) is 18.2. The van der Waals surface area contributed by atoms with E-state index in [4.69, 9.17) is 9.16 Å². The molecule has 2 aromatic carbocycles. The highest BCUT2D eigenvalue weighted by Gasteiger charge is 2.63. The summed E-state index contributed by atoms with van der Waals surface area (Å²) in [5.41, 5.74) is -0.532. The third-order valence-corrected chi connectivity index (χ3v) is 14.4. The first-order valence-electron chi connectivity index (χ1n) is 11.4. The van der Waals surface area contributed by atoms with Crippen LogP contribution in [0.1, 0.15) is 46.5 Å². The number of carbonyl (C=O) groups excluding carboxylic acids is 1. The largest absolute Gasteiger partial charge is 0.455 e. The van der Waals surface area contributed by atoms with E-state index < -0.39 is 18.0 Å². The fourth-order valence-corrected chi connectivity index (χ4v) is 8.70. The van der Waals surface area contributed by atoms with Crippen molar-refractivity contribution in [3.8, 4) is 0 Å². The average molecular weight is 487 g/mol. The van der Waals surface area contributed by atoms with Crippen LogP contribution in [0.2, 0.25) is 18.1 Å². The quantitative estimate of drug-likeness (QED) is 0.240. The summed E-state index contributed by atoms with van der Waals surface area (Å²) in [4.78, 5) is 15.8. The Hall–Kier alpha value is -1.21. The highest BCUT2D eigenvalue weighted by molar-refractivity contribution is 8.19. The molecule has 0 bridgehead atoms. The van der Waals surface area contributed by atoms with Crippen LogP contribution in [-0.4, -0.2) is 30.1 Å². The number of rotatable bonds is 6. The molecule has 32 heavy (non-hydrogen) atoms. The Morgan fingerprint density at radius 2 is 1.50 bits per heavy atom. The molecule has 1 heterocycles. The molecule has 3 nitrogen and oxygen atoms in total. The SMILES string of the molecule is CC(C)(C)[Si](C)(C)O[C@H]1CCC[C@]12CC(Sc1ccccc1)(Sc1ccccc1)C(=O)O2. The van der Waals surface area contributed by atoms with Crippen molar-refractivity contribution in [2.75, 3.05) is 0 Å². The zero-order valence-corrected chi connectivity index (χ0v) is 22.4. The molecule has 0 unspecified atom stereocenters. The van der Waals surface area contributed by atoms with Gasteiger partial charge in [0.25, 0.3) is 0 Å². The Balaban J connectivity index is 1.67. The van der Waals surface area contributed by atoms with Gasteiger partial charge in [-0.05, 0) is 61.7 Å². The Morgan fingerprint density at radius 3 is 2.00 bits per heavy atom. The van der Waals surface area contributed by atoms with Crippen LogP contribution in [0.4, 0.5) is 0 Å². The van der Waals surface area contributed by atoms with E-state index in [2.05, 4.69) is 58.1 Å². The topological polar surface area (TPSA) is 35.5 Å². The molecular weight excluding hydrogens is 453 g/mol. The van der Waals surface area contributed by atoms with Gasteiger partial charge >= 0.3 is 5.97 Å². The first-order chi connectivity index (χ1) is 15.1. The zero-order chi connectivity index (χ0) is 23.0. The van der Waals surface area contributed by atoms with Crippen LogP contribution >= 0.6 is 23.5 Å². The van der Waals surface area contributed by atoms with Crippen LogP contribution in [0, 0.1) is 0 Å². The molecule has 2 aliphatic rings. The Morgan fingerprint density at radius 1 is 0.969 bits per heavy atom. The number of hydrogen-bond donors (Lipinski definition) is 0. The van der Waals surface area contributed by atoms with Crippen LogP contribution < -0.4 is 0 Å². The Bertz CT molecular complexity index is 901. The highest BCUT2D eigenvalue weighted by Crippen LogP contribution is 2.59. The van der Waals surface area contributed by atoms with Crippen LogP contribution in [0.25, 0.3) is 0 Å². The summed E-state index contributed by atoms with van der Waals surface area (Å²) in [7, 11) is -1.99. The van der Waals surface area contributed by atoms with E-state index >= 15 is 0 Å². The maximum absolute atomic E-state index is 13.7. The molecule has 172 valence electrons. The predicted molar refractivity (Wildman–Crippen MR) is 137 cm³/mol. The fraction of sp³-hybridized carbons (Fsp3) is 0.500. The monoisotopic (exact) mass is 486 g/mol. The molecule has 0 N–H and O–H groups in total. The van der Waals surface area contributed by atoms with Gasteiger partial charge in [-0.2, -0.15) is 0 Å². The van der Waals surface area contributed by atoms with E-state index in [0.29, 0.717) is 6.42 Å². The normalized spacial score (nSPS) is 25.3. The van der Waals surface area contributed by atoms with E-state index in [1.165, 1.54) is 0 Å². The molecule has 6 heteroatoms. The standard InChI is InChI=1S/C26H34O3S2Si/c1-24(2,3)32(4,5)29-22-17-12-18-25(22)19-26(23(27)28-25,30-20-13-8-6-9-14-20)31-21-15-10-7-11-16-21/h6-11,13-16,22H,12,17-19H2,1-5H3/t22-,25-/m0/s1. The molecule has 1 aliphatic heterocycles. The second kappa shape index (κ2) is 8.86. The minimum atomic E-state index is -1.99. The van der Waals surface area contributed by atoms with Gasteiger partial charge in [0, 0.05) is 16.2 Å². The molecule has 2 atom stereocenters. The van der Waals surface area contributed by atoms with Crippen molar-refractivity contribution in [3.63, 3.8) is 0 Å². The molecule has 2 aromatic rings. The van der Waals surface area contributed by atoms with Gasteiger partial charge in [-0.25, -0.2) is 4.79 Å². The van der Waals surface area contributed by atoms with Crippen LogP contribution in [0.15, 0.2) is 70.5 Å². The lowest BCUT2D eigenvalue weighted by Gasteiger charge is -2.42. The van der Waals surface area contributed by atoms with Crippen molar-refractivity contribution < 1.29 is 14.0 Å². The minimum absolute atomic E-state index is 0.0260. The molecular formula is C26H34O3S2Si. The van der Waals surface area contributed by atoms with E-state index in [1.54, 1.807) is 23.5 Å². The number of thioether (sulfide) groups is 2. The maximum atomic E-state index is 13.7. The van der Waals surface area contributed by atoms with E-state index in [-0.39, 0.29) is 17.1 Å². The third kappa shape index (κ3) is 4.70. The van der Waals surface area contributed by atoms with Crippen LogP contribution in [-0.2, 0) is 14.0 Å². The Kier molecular flexibility index (Phi) is 6.62. The number of hydrogen-bond acceptors (Lipinski definition) is 5. The molecule has 0 amide bonds. The van der Waals surface area contributed by atoms with Crippen LogP contribution in [0.5, 0.6) is 0 Å². The number of esters is 1. The summed E-state index contributed by atoms with van der Waals surface area (Å²) in [5, 5.41) is 0.119. The summed E-state index contributed by atoms with van der Waals surface area (Å²) in [6.45, 7) is 11.4. The van der Waals surface area contributed by atoms with Crippen molar-refractivity contribution >= 4 is 37.8 Å². The van der Waals surface area contributed by atoms with Crippen molar-refractivity contribution in [1.29, 1.82) is 0 Å². The van der Waals surface area contributed by atoms with Gasteiger partial charge in [0.2, 0.25) is 0 Å². The number of ether oxygens (including phenoxy) is 1. The van der Waals surface area contributed by atoms with Gasteiger partial charge in [0.15, 0.2) is 12.4 Å². The van der Waals surface area contributed by atoms with E-state index in [9.17, 15) is 4.79 Å². The average Bonchev–Trinajstić information content (AvgIpc) is 3.21. The third-order valence-electron chi connectivity index (χ3n) is 7.09. The summed E-state index contributed by atoms with van der Waals surface area (Å²) in [5.74, 6) is -0.120. The van der Waals surface area contributed by atoms with Gasteiger partial charge in [-0.1, -0.05) is 80.7 Å². The summed E-state index contributed by atoms with van der Waals surface area (Å²) in [6, 6.07) is 20.4. The van der Waals surface area contributed by atoms with Gasteiger partial charge in [0.05, 0.1) is 6.10 Å². The van der Waals surface area contributed by atoms with Crippen molar-refractivity contribution in [1.82, 2.24) is 0 Å². The molecule has 1 saturated carbocycles. The minimum Gasteiger partial charge on any atom is -0.455 e. The lowest BCUT2D eigenvalue weighted by molar-refractivity contribution is -0.154. The van der Waals surface area contributed by atoms with Gasteiger partial charge in [-0.3, -0.25) is 0 Å². The maximum Gasteiger partial charge on any atom is 0.334 e. The second-order valence-electron chi connectivity index (χ2n) is 10.5. The number of benzene rings is 2. The van der Waals surface area contributed by atoms with Crippen molar-refractivity contribution in [3.05, 3.63) is 60.7 Å². The lowest BCUT2D eigenvalue weighted by Crippen LogP contribution is -2.50. The van der Waals surface area contributed by atoms with E-state index in [0.717, 1.165) is 29.1 Å². The zero-order valence-electron chi connectivity index (χ0n) is 19.7. The van der Waals surface area contributed by atoms with Crippen molar-refractivity contribution in [2.24, 2.45) is 0 Å². The number of carbonyl (C=O) groups is 1. The summed E-state index contributed by atoms with van der Waals surface area (Å²) in [6.07, 6.45) is 3.51. The molecule has 2 fully saturated rings. The van der Waals surface area contributed by atoms with Gasteiger partial charge < -0.3 is 9.16 Å². The fourth-order valence-electron chi connectivity index (χ4n) is 4.33. The molecule has 0 radical (unpaired) electrons. The smallest absolute Gasteiger partial charge is 0.334 e. The molecule has 1 aliphatic carbocycles. The first kappa shape index (κ1) is 23.9. The molecule has 4 rings (SSSR count). The van der Waals surface area contributed by atoms with Gasteiger partial charge in [0.1, 0.15) is 5.60 Å². The lowest BCUT2D eigenvalue weighted by atomic mass is 9.96. The molecule has 1 saturated heterocycles. The van der Waals surface area contributed by atoms with Crippen LogP contribution in [0.3, 0.4) is 0 Å². The highest BCUT2D eigenvalue weighted by atomic mass is 32.2.